The second kappa shape index (κ2) is 5.12. The van der Waals surface area contributed by atoms with Gasteiger partial charge in [0, 0.05) is 11.2 Å². The fraction of sp³-hybridized carbons (Fsp3) is 0.364. The lowest BCUT2D eigenvalue weighted by Gasteiger charge is -2.04. The van der Waals surface area contributed by atoms with Crippen LogP contribution in [0.4, 0.5) is 4.79 Å². The van der Waals surface area contributed by atoms with Crippen molar-refractivity contribution in [2.24, 2.45) is 4.36 Å². The number of carbonyl (C=O) groups excluding carboxylic acids is 1. The molecule has 88 valence electrons. The third kappa shape index (κ3) is 3.34. The SMILES string of the molecule is CCOC(=O)N=S(C)(=O)c1ccc(C)cc1. The minimum absolute atomic E-state index is 0.228. The zero-order valence-corrected chi connectivity index (χ0v) is 10.4. The largest absolute Gasteiger partial charge is 0.448 e. The number of amides is 1. The van der Waals surface area contributed by atoms with Crippen molar-refractivity contribution in [3.63, 3.8) is 0 Å². The third-order valence-corrected chi connectivity index (χ3v) is 3.62. The van der Waals surface area contributed by atoms with Crippen molar-refractivity contribution in [3.8, 4) is 0 Å². The van der Waals surface area contributed by atoms with E-state index in [1.165, 1.54) is 6.26 Å². The number of hydrogen-bond donors (Lipinski definition) is 0. The average molecular weight is 241 g/mol. The predicted molar refractivity (Wildman–Crippen MR) is 63.0 cm³/mol. The number of rotatable bonds is 2. The molecule has 0 aliphatic heterocycles. The molecule has 0 aliphatic carbocycles. The monoisotopic (exact) mass is 241 g/mol. The van der Waals surface area contributed by atoms with Crippen molar-refractivity contribution in [2.75, 3.05) is 12.9 Å². The number of nitrogens with zero attached hydrogens (tertiary/aromatic N) is 1. The molecule has 1 amide bonds. The van der Waals surface area contributed by atoms with Gasteiger partial charge in [-0.25, -0.2) is 9.00 Å². The van der Waals surface area contributed by atoms with Gasteiger partial charge < -0.3 is 4.74 Å². The van der Waals surface area contributed by atoms with Crippen LogP contribution in [0.2, 0.25) is 0 Å². The zero-order chi connectivity index (χ0) is 12.2. The smallest absolute Gasteiger partial charge is 0.442 e. The summed E-state index contributed by atoms with van der Waals surface area (Å²) in [5.74, 6) is 0. The van der Waals surface area contributed by atoms with E-state index in [9.17, 15) is 9.00 Å². The first-order valence-electron chi connectivity index (χ1n) is 4.91. The lowest BCUT2D eigenvalue weighted by Crippen LogP contribution is -2.05. The van der Waals surface area contributed by atoms with Crippen LogP contribution in [0.25, 0.3) is 0 Å². The summed E-state index contributed by atoms with van der Waals surface area (Å²) in [5, 5.41) is 0. The van der Waals surface area contributed by atoms with E-state index in [-0.39, 0.29) is 6.61 Å². The summed E-state index contributed by atoms with van der Waals surface area (Å²) in [7, 11) is -2.70. The van der Waals surface area contributed by atoms with E-state index in [1.54, 1.807) is 19.1 Å². The van der Waals surface area contributed by atoms with Crippen molar-refractivity contribution in [2.45, 2.75) is 18.7 Å². The number of aryl methyl sites for hydroxylation is 1. The first kappa shape index (κ1) is 12.7. The van der Waals surface area contributed by atoms with E-state index in [0.717, 1.165) is 5.56 Å². The van der Waals surface area contributed by atoms with Gasteiger partial charge in [-0.1, -0.05) is 17.7 Å². The highest BCUT2D eigenvalue weighted by molar-refractivity contribution is 7.93. The average Bonchev–Trinajstić information content (AvgIpc) is 2.17. The van der Waals surface area contributed by atoms with E-state index in [2.05, 4.69) is 9.10 Å². The Morgan fingerprint density at radius 2 is 1.94 bits per heavy atom. The van der Waals surface area contributed by atoms with Crippen molar-refractivity contribution < 1.29 is 13.7 Å². The molecule has 1 aromatic carbocycles. The van der Waals surface area contributed by atoms with Crippen molar-refractivity contribution in [1.82, 2.24) is 0 Å². The van der Waals surface area contributed by atoms with E-state index in [4.69, 9.17) is 0 Å². The predicted octanol–water partition coefficient (Wildman–Crippen LogP) is 2.61. The second-order valence-corrected chi connectivity index (χ2v) is 5.66. The molecule has 0 aliphatic rings. The van der Waals surface area contributed by atoms with Crippen molar-refractivity contribution in [3.05, 3.63) is 29.8 Å². The maximum Gasteiger partial charge on any atom is 0.442 e. The number of hydrogen-bond acceptors (Lipinski definition) is 3. The molecule has 4 nitrogen and oxygen atoms in total. The van der Waals surface area contributed by atoms with Gasteiger partial charge >= 0.3 is 6.09 Å². The van der Waals surface area contributed by atoms with Crippen molar-refractivity contribution >= 4 is 15.8 Å². The van der Waals surface area contributed by atoms with Crippen LogP contribution in [0.3, 0.4) is 0 Å². The van der Waals surface area contributed by atoms with Gasteiger partial charge in [0.1, 0.15) is 0 Å². The summed E-state index contributed by atoms with van der Waals surface area (Å²) in [4.78, 5) is 11.7. The first-order valence-corrected chi connectivity index (χ1v) is 6.83. The number of carbonyl (C=O) groups is 1. The molecule has 1 unspecified atom stereocenters. The Bertz CT molecular complexity index is 484. The Hall–Kier alpha value is -1.36. The van der Waals surface area contributed by atoms with Gasteiger partial charge in [0.15, 0.2) is 0 Å². The molecule has 0 fully saturated rings. The maximum absolute atomic E-state index is 12.1. The fourth-order valence-corrected chi connectivity index (χ4v) is 2.22. The molecule has 0 radical (unpaired) electrons. The molecule has 1 atom stereocenters. The molecule has 1 rings (SSSR count). The lowest BCUT2D eigenvalue weighted by atomic mass is 10.2. The molecule has 5 heteroatoms. The summed E-state index contributed by atoms with van der Waals surface area (Å²) in [6, 6.07) is 7.08. The van der Waals surface area contributed by atoms with Gasteiger partial charge in [-0.2, -0.15) is 0 Å². The van der Waals surface area contributed by atoms with Crippen LogP contribution in [-0.4, -0.2) is 23.2 Å². The highest BCUT2D eigenvalue weighted by atomic mass is 32.2. The molecule has 0 saturated heterocycles. The Morgan fingerprint density at radius 3 is 2.44 bits per heavy atom. The summed E-state index contributed by atoms with van der Waals surface area (Å²) in [5.41, 5.74) is 1.06. The summed E-state index contributed by atoms with van der Waals surface area (Å²) in [6.07, 6.45) is 0.643. The van der Waals surface area contributed by atoms with Gasteiger partial charge in [0.05, 0.1) is 16.3 Å². The van der Waals surface area contributed by atoms with Crippen LogP contribution in [0.1, 0.15) is 12.5 Å². The van der Waals surface area contributed by atoms with Crippen LogP contribution in [-0.2, 0) is 14.5 Å². The van der Waals surface area contributed by atoms with Crippen LogP contribution >= 0.6 is 0 Å². The molecule has 0 heterocycles. The normalized spacial score (nSPS) is 13.9. The molecule has 0 spiro atoms. The van der Waals surface area contributed by atoms with Gasteiger partial charge in [0.25, 0.3) is 0 Å². The topological polar surface area (TPSA) is 55.7 Å². The molecular formula is C11H15NO3S. The molecule has 0 N–H and O–H groups in total. The van der Waals surface area contributed by atoms with Crippen LogP contribution in [0.15, 0.2) is 33.5 Å². The first-order chi connectivity index (χ1) is 7.45. The lowest BCUT2D eigenvalue weighted by molar-refractivity contribution is 0.164. The molecular weight excluding hydrogens is 226 g/mol. The number of ether oxygens (including phenoxy) is 1. The standard InChI is InChI=1S/C11H15NO3S/c1-4-15-11(13)12-16(3,14)10-7-5-9(2)6-8-10/h5-8H,4H2,1-3H3. The minimum Gasteiger partial charge on any atom is -0.448 e. The quantitative estimate of drug-likeness (QED) is 0.799. The van der Waals surface area contributed by atoms with Gasteiger partial charge in [-0.05, 0) is 26.0 Å². The molecule has 1 aromatic rings. The fourth-order valence-electron chi connectivity index (χ4n) is 1.14. The molecule has 0 aromatic heterocycles. The Balaban J connectivity index is 3.06. The van der Waals surface area contributed by atoms with Crippen LogP contribution in [0, 0.1) is 6.92 Å². The van der Waals surface area contributed by atoms with Gasteiger partial charge in [-0.15, -0.1) is 4.36 Å². The van der Waals surface area contributed by atoms with Crippen molar-refractivity contribution in [1.29, 1.82) is 0 Å². The minimum atomic E-state index is -2.70. The zero-order valence-electron chi connectivity index (χ0n) is 9.60. The third-order valence-electron chi connectivity index (χ3n) is 1.97. The van der Waals surface area contributed by atoms with E-state index in [0.29, 0.717) is 4.90 Å². The summed E-state index contributed by atoms with van der Waals surface area (Å²) in [6.45, 7) is 3.84. The Labute approximate surface area is 95.8 Å². The van der Waals surface area contributed by atoms with E-state index >= 15 is 0 Å². The van der Waals surface area contributed by atoms with E-state index in [1.807, 2.05) is 19.1 Å². The van der Waals surface area contributed by atoms with Gasteiger partial charge in [0.2, 0.25) is 0 Å². The van der Waals surface area contributed by atoms with Crippen LogP contribution in [0.5, 0.6) is 0 Å². The molecule has 16 heavy (non-hydrogen) atoms. The Kier molecular flexibility index (Phi) is 4.06. The van der Waals surface area contributed by atoms with Gasteiger partial charge in [-0.3, -0.25) is 0 Å². The molecule has 0 saturated carbocycles. The summed E-state index contributed by atoms with van der Waals surface area (Å²) >= 11 is 0. The highest BCUT2D eigenvalue weighted by Gasteiger charge is 2.09. The molecule has 0 bridgehead atoms. The maximum atomic E-state index is 12.1. The van der Waals surface area contributed by atoms with E-state index < -0.39 is 15.8 Å². The second-order valence-electron chi connectivity index (χ2n) is 3.41. The number of benzene rings is 1. The van der Waals surface area contributed by atoms with Crippen LogP contribution < -0.4 is 0 Å². The highest BCUT2D eigenvalue weighted by Crippen LogP contribution is 2.12. The Morgan fingerprint density at radius 1 is 1.38 bits per heavy atom. The summed E-state index contributed by atoms with van der Waals surface area (Å²) < 4.78 is 20.3.